The second-order valence-corrected chi connectivity index (χ2v) is 10.3. The van der Waals surface area contributed by atoms with Crippen molar-refractivity contribution < 1.29 is 9.53 Å². The Hall–Kier alpha value is -1.90. The van der Waals surface area contributed by atoms with Crippen LogP contribution < -0.4 is 0 Å². The Morgan fingerprint density at radius 3 is 2.69 bits per heavy atom. The zero-order chi connectivity index (χ0) is 20.2. The second kappa shape index (κ2) is 6.82. The van der Waals surface area contributed by atoms with Gasteiger partial charge in [0.25, 0.3) is 0 Å². The molecule has 0 aromatic carbocycles. The Morgan fingerprint density at radius 1 is 1.10 bits per heavy atom. The summed E-state index contributed by atoms with van der Waals surface area (Å²) in [5.41, 5.74) is 4.99. The van der Waals surface area contributed by atoms with Crippen LogP contribution in [0.15, 0.2) is 42.3 Å². The summed E-state index contributed by atoms with van der Waals surface area (Å²) in [6.45, 7) is 6.56. The molecular weight excluding hydrogens is 358 g/mol. The van der Waals surface area contributed by atoms with Crippen LogP contribution in [0.5, 0.6) is 0 Å². The molecule has 0 bridgehead atoms. The van der Waals surface area contributed by atoms with Crippen LogP contribution in [-0.4, -0.2) is 17.1 Å². The number of pyridine rings is 1. The van der Waals surface area contributed by atoms with Gasteiger partial charge in [0.1, 0.15) is 6.10 Å². The van der Waals surface area contributed by atoms with E-state index in [1.807, 2.05) is 12.4 Å². The minimum Gasteiger partial charge on any atom is -0.462 e. The van der Waals surface area contributed by atoms with Crippen LogP contribution >= 0.6 is 0 Å². The van der Waals surface area contributed by atoms with Gasteiger partial charge >= 0.3 is 5.97 Å². The molecule has 2 fully saturated rings. The van der Waals surface area contributed by atoms with Crippen LogP contribution in [0.4, 0.5) is 0 Å². The third-order valence-corrected chi connectivity index (χ3v) is 8.94. The Morgan fingerprint density at radius 2 is 1.93 bits per heavy atom. The van der Waals surface area contributed by atoms with Gasteiger partial charge in [-0.2, -0.15) is 0 Å². The molecule has 2 saturated carbocycles. The molecule has 1 aromatic heterocycles. The topological polar surface area (TPSA) is 39.2 Å². The van der Waals surface area contributed by atoms with Gasteiger partial charge in [-0.15, -0.1) is 0 Å². The summed E-state index contributed by atoms with van der Waals surface area (Å²) < 4.78 is 5.58. The van der Waals surface area contributed by atoms with E-state index in [1.165, 1.54) is 43.7 Å². The number of rotatable bonds is 2. The minimum atomic E-state index is -0.138. The number of nitrogens with zero attached hydrogens (tertiary/aromatic N) is 1. The average Bonchev–Trinajstić information content (AvgIpc) is 3.06. The molecule has 0 N–H and O–H groups in total. The summed E-state index contributed by atoms with van der Waals surface area (Å²) in [5.74, 6) is 2.12. The fraction of sp³-hybridized carbons (Fsp3) is 0.615. The smallest absolute Gasteiger partial charge is 0.302 e. The number of esters is 1. The van der Waals surface area contributed by atoms with Gasteiger partial charge in [0.05, 0.1) is 0 Å². The normalized spacial score (nSPS) is 40.8. The lowest BCUT2D eigenvalue weighted by Gasteiger charge is -2.57. The largest absolute Gasteiger partial charge is 0.462 e. The van der Waals surface area contributed by atoms with Gasteiger partial charge in [0, 0.05) is 25.7 Å². The molecule has 0 unspecified atom stereocenters. The lowest BCUT2D eigenvalue weighted by atomic mass is 9.47. The quantitative estimate of drug-likeness (QED) is 0.460. The molecule has 5 rings (SSSR count). The molecule has 1 heterocycles. The first-order valence-corrected chi connectivity index (χ1v) is 11.4. The standard InChI is InChI=1S/C26H33NO2/c1-17(28)29-20-10-12-25(2)19(15-20)6-7-21-23-9-8-22(18-5-4-14-27-16-18)26(23,3)13-11-24(21)25/h4-6,8,14,16,20-21,23-24H,7,9-13,15H2,1-3H3/t20-,21-,23+,24+,25-,26+/m0/s1. The van der Waals surface area contributed by atoms with Gasteiger partial charge in [0.2, 0.25) is 0 Å². The first kappa shape index (κ1) is 19.1. The van der Waals surface area contributed by atoms with Crippen LogP contribution in [0.2, 0.25) is 0 Å². The molecule has 6 atom stereocenters. The number of fused-ring (bicyclic) bond motifs is 5. The molecule has 0 spiro atoms. The fourth-order valence-corrected chi connectivity index (χ4v) is 7.50. The predicted octanol–water partition coefficient (Wildman–Crippen LogP) is 5.97. The number of ether oxygens (including phenoxy) is 1. The number of aromatic nitrogens is 1. The first-order chi connectivity index (χ1) is 13.9. The molecular formula is C26H33NO2. The highest BCUT2D eigenvalue weighted by Crippen LogP contribution is 2.66. The summed E-state index contributed by atoms with van der Waals surface area (Å²) in [5, 5.41) is 0. The zero-order valence-corrected chi connectivity index (χ0v) is 18.0. The van der Waals surface area contributed by atoms with Crippen molar-refractivity contribution in [2.75, 3.05) is 0 Å². The molecule has 1 aromatic rings. The second-order valence-electron chi connectivity index (χ2n) is 10.3. The Bertz CT molecular complexity index is 872. The first-order valence-electron chi connectivity index (χ1n) is 11.4. The van der Waals surface area contributed by atoms with Gasteiger partial charge in [-0.1, -0.05) is 37.6 Å². The number of carbonyl (C=O) groups is 1. The van der Waals surface area contributed by atoms with Crippen LogP contribution in [0, 0.1) is 28.6 Å². The maximum Gasteiger partial charge on any atom is 0.302 e. The molecule has 0 saturated heterocycles. The number of hydrogen-bond acceptors (Lipinski definition) is 3. The number of hydrogen-bond donors (Lipinski definition) is 0. The Labute approximate surface area is 174 Å². The third kappa shape index (κ3) is 2.92. The van der Waals surface area contributed by atoms with Crippen molar-refractivity contribution in [3.05, 3.63) is 47.8 Å². The zero-order valence-electron chi connectivity index (χ0n) is 18.0. The fourth-order valence-electron chi connectivity index (χ4n) is 7.50. The summed E-state index contributed by atoms with van der Waals surface area (Å²) in [4.78, 5) is 15.8. The van der Waals surface area contributed by atoms with Crippen molar-refractivity contribution in [3.8, 4) is 0 Å². The lowest BCUT2D eigenvalue weighted by molar-refractivity contribution is -0.148. The van der Waals surface area contributed by atoms with Crippen LogP contribution in [0.1, 0.15) is 71.3 Å². The Kier molecular flexibility index (Phi) is 4.49. The molecule has 4 aliphatic carbocycles. The van der Waals surface area contributed by atoms with Crippen molar-refractivity contribution in [3.63, 3.8) is 0 Å². The molecule has 3 nitrogen and oxygen atoms in total. The summed E-state index contributed by atoms with van der Waals surface area (Å²) in [6, 6.07) is 4.30. The van der Waals surface area contributed by atoms with E-state index in [4.69, 9.17) is 4.74 Å². The summed E-state index contributed by atoms with van der Waals surface area (Å²) in [6.07, 6.45) is 17.1. The maximum atomic E-state index is 11.4. The van der Waals surface area contributed by atoms with Crippen molar-refractivity contribution in [1.29, 1.82) is 0 Å². The highest BCUT2D eigenvalue weighted by atomic mass is 16.5. The minimum absolute atomic E-state index is 0.0857. The van der Waals surface area contributed by atoms with Crippen molar-refractivity contribution in [2.24, 2.45) is 28.6 Å². The lowest BCUT2D eigenvalue weighted by Crippen LogP contribution is -2.50. The molecule has 29 heavy (non-hydrogen) atoms. The van der Waals surface area contributed by atoms with E-state index < -0.39 is 0 Å². The van der Waals surface area contributed by atoms with Gasteiger partial charge < -0.3 is 4.74 Å². The van der Waals surface area contributed by atoms with Gasteiger partial charge in [-0.25, -0.2) is 0 Å². The average molecular weight is 392 g/mol. The van der Waals surface area contributed by atoms with E-state index in [9.17, 15) is 4.79 Å². The predicted molar refractivity (Wildman–Crippen MR) is 115 cm³/mol. The van der Waals surface area contributed by atoms with Crippen LogP contribution in [0.25, 0.3) is 5.57 Å². The molecule has 0 amide bonds. The molecule has 4 aliphatic rings. The Balaban J connectivity index is 1.41. The molecule has 3 heteroatoms. The maximum absolute atomic E-state index is 11.4. The van der Waals surface area contributed by atoms with Crippen LogP contribution in [0.3, 0.4) is 0 Å². The third-order valence-electron chi connectivity index (χ3n) is 8.94. The van der Waals surface area contributed by atoms with E-state index in [-0.39, 0.29) is 22.9 Å². The SMILES string of the molecule is CC(=O)O[C@H]1CC[C@@]2(C)C(=CC[C@@H]3[C@H]2CC[C@]2(C)C(c4cccnc4)=CC[C@H]32)C1. The van der Waals surface area contributed by atoms with Gasteiger partial charge in [-0.3, -0.25) is 9.78 Å². The van der Waals surface area contributed by atoms with Crippen molar-refractivity contribution in [1.82, 2.24) is 4.98 Å². The molecule has 0 aliphatic heterocycles. The van der Waals surface area contributed by atoms with Crippen molar-refractivity contribution in [2.45, 2.75) is 71.8 Å². The monoisotopic (exact) mass is 391 g/mol. The van der Waals surface area contributed by atoms with Crippen molar-refractivity contribution >= 4 is 11.5 Å². The molecule has 154 valence electrons. The van der Waals surface area contributed by atoms with E-state index in [0.717, 1.165) is 37.0 Å². The van der Waals surface area contributed by atoms with Crippen LogP contribution in [-0.2, 0) is 9.53 Å². The van der Waals surface area contributed by atoms with E-state index in [1.54, 1.807) is 5.57 Å². The highest BCUT2D eigenvalue weighted by Gasteiger charge is 2.56. The number of allylic oxidation sites excluding steroid dienone is 3. The highest BCUT2D eigenvalue weighted by molar-refractivity contribution is 5.72. The van der Waals surface area contributed by atoms with E-state index in [2.05, 4.69) is 43.1 Å². The summed E-state index contributed by atoms with van der Waals surface area (Å²) >= 11 is 0. The number of carbonyl (C=O) groups excluding carboxylic acids is 1. The summed E-state index contributed by atoms with van der Waals surface area (Å²) in [7, 11) is 0. The van der Waals surface area contributed by atoms with E-state index in [0.29, 0.717) is 0 Å². The van der Waals surface area contributed by atoms with E-state index >= 15 is 0 Å². The van der Waals surface area contributed by atoms with Gasteiger partial charge in [0.15, 0.2) is 0 Å². The molecule has 0 radical (unpaired) electrons. The van der Waals surface area contributed by atoms with Gasteiger partial charge in [-0.05, 0) is 84.3 Å².